The third-order valence-corrected chi connectivity index (χ3v) is 6.69. The van der Waals surface area contributed by atoms with Crippen molar-refractivity contribution in [3.05, 3.63) is 69.9 Å². The lowest BCUT2D eigenvalue weighted by molar-refractivity contribution is -0.120. The molecule has 1 N–H and O–H groups in total. The van der Waals surface area contributed by atoms with Crippen LogP contribution in [0.2, 0.25) is 0 Å². The predicted octanol–water partition coefficient (Wildman–Crippen LogP) is 5.14. The molecule has 0 saturated heterocycles. The number of amides is 3. The molecule has 6 nitrogen and oxygen atoms in total. The molecule has 0 aromatic heterocycles. The van der Waals surface area contributed by atoms with E-state index in [0.717, 1.165) is 41.7 Å². The second-order valence-corrected chi connectivity index (χ2v) is 9.27. The van der Waals surface area contributed by atoms with Gasteiger partial charge in [0.1, 0.15) is 10.7 Å². The second-order valence-electron chi connectivity index (χ2n) is 8.89. The van der Waals surface area contributed by atoms with E-state index in [-0.39, 0.29) is 22.7 Å². The standard InChI is InChI=1S/C26H28ClN3O3/c1-16-13-17(2)15-21(14-16)30-25(32)22(27)23(26(30)33)28-19-11-9-18(10-12-19)24(31)29(3)20-7-5-4-6-8-20/h9-15,20,28H,4-8H2,1-3H3. The number of rotatable bonds is 5. The fourth-order valence-electron chi connectivity index (χ4n) is 4.60. The van der Waals surface area contributed by atoms with E-state index in [1.807, 2.05) is 31.9 Å². The first kappa shape index (κ1) is 23.1. The Morgan fingerprint density at radius 2 is 1.58 bits per heavy atom. The highest BCUT2D eigenvalue weighted by Gasteiger charge is 2.39. The van der Waals surface area contributed by atoms with Gasteiger partial charge in [-0.3, -0.25) is 14.4 Å². The Kier molecular flexibility index (Phi) is 6.56. The number of benzene rings is 2. The van der Waals surface area contributed by atoms with Crippen LogP contribution in [0.5, 0.6) is 0 Å². The first-order valence-corrected chi connectivity index (χ1v) is 11.6. The van der Waals surface area contributed by atoms with Gasteiger partial charge in [-0.2, -0.15) is 0 Å². The van der Waals surface area contributed by atoms with Crippen LogP contribution in [0.3, 0.4) is 0 Å². The third kappa shape index (κ3) is 4.67. The van der Waals surface area contributed by atoms with E-state index in [1.165, 1.54) is 6.42 Å². The van der Waals surface area contributed by atoms with Crippen molar-refractivity contribution < 1.29 is 14.4 Å². The molecule has 1 fully saturated rings. The van der Waals surface area contributed by atoms with E-state index in [1.54, 1.807) is 36.4 Å². The summed E-state index contributed by atoms with van der Waals surface area (Å²) in [6.07, 6.45) is 5.64. The molecule has 33 heavy (non-hydrogen) atoms. The van der Waals surface area contributed by atoms with Crippen LogP contribution in [0, 0.1) is 13.8 Å². The number of hydrogen-bond donors (Lipinski definition) is 1. The number of nitrogens with zero attached hydrogens (tertiary/aromatic N) is 2. The summed E-state index contributed by atoms with van der Waals surface area (Å²) in [6.45, 7) is 3.81. The zero-order valence-corrected chi connectivity index (χ0v) is 19.9. The topological polar surface area (TPSA) is 69.7 Å². The molecule has 1 aliphatic heterocycles. The zero-order chi connectivity index (χ0) is 23.7. The quantitative estimate of drug-likeness (QED) is 0.620. The van der Waals surface area contributed by atoms with Crippen molar-refractivity contribution >= 4 is 40.7 Å². The number of carbonyl (C=O) groups excluding carboxylic acids is 3. The van der Waals surface area contributed by atoms with Crippen LogP contribution in [0.4, 0.5) is 11.4 Å². The van der Waals surface area contributed by atoms with Crippen molar-refractivity contribution in [2.45, 2.75) is 52.0 Å². The Balaban J connectivity index is 1.49. The number of anilines is 2. The molecule has 0 radical (unpaired) electrons. The van der Waals surface area contributed by atoms with Crippen LogP contribution in [-0.2, 0) is 9.59 Å². The first-order chi connectivity index (χ1) is 15.8. The molecule has 0 spiro atoms. The lowest BCUT2D eigenvalue weighted by atomic mass is 9.94. The fourth-order valence-corrected chi connectivity index (χ4v) is 4.82. The average Bonchev–Trinajstić information content (AvgIpc) is 3.01. The summed E-state index contributed by atoms with van der Waals surface area (Å²) in [5.41, 5.74) is 3.56. The van der Waals surface area contributed by atoms with Gasteiger partial charge in [-0.25, -0.2) is 4.90 Å². The molecular weight excluding hydrogens is 438 g/mol. The molecule has 0 atom stereocenters. The van der Waals surface area contributed by atoms with Gasteiger partial charge in [-0.05, 0) is 74.2 Å². The average molecular weight is 466 g/mol. The van der Waals surface area contributed by atoms with Crippen LogP contribution in [0.25, 0.3) is 0 Å². The van der Waals surface area contributed by atoms with E-state index in [2.05, 4.69) is 5.32 Å². The van der Waals surface area contributed by atoms with Gasteiger partial charge in [0.05, 0.1) is 5.69 Å². The van der Waals surface area contributed by atoms with Crippen molar-refractivity contribution in [3.63, 3.8) is 0 Å². The van der Waals surface area contributed by atoms with Crippen molar-refractivity contribution in [2.24, 2.45) is 0 Å². The number of imide groups is 1. The Morgan fingerprint density at radius 3 is 2.18 bits per heavy atom. The van der Waals surface area contributed by atoms with E-state index in [0.29, 0.717) is 16.9 Å². The van der Waals surface area contributed by atoms with Crippen molar-refractivity contribution in [1.82, 2.24) is 4.90 Å². The lowest BCUT2D eigenvalue weighted by Gasteiger charge is -2.31. The molecule has 1 saturated carbocycles. The molecule has 3 amide bonds. The smallest absolute Gasteiger partial charge is 0.283 e. The van der Waals surface area contributed by atoms with Crippen LogP contribution in [0.15, 0.2) is 53.2 Å². The molecule has 7 heteroatoms. The van der Waals surface area contributed by atoms with E-state index in [4.69, 9.17) is 11.6 Å². The normalized spacial score (nSPS) is 17.0. The largest absolute Gasteiger partial charge is 0.350 e. The Bertz CT molecular complexity index is 1110. The number of aryl methyl sites for hydroxylation is 2. The number of hydrogen-bond acceptors (Lipinski definition) is 4. The summed E-state index contributed by atoms with van der Waals surface area (Å²) in [4.78, 5) is 41.6. The van der Waals surface area contributed by atoms with E-state index < -0.39 is 11.8 Å². The minimum Gasteiger partial charge on any atom is -0.350 e. The number of carbonyl (C=O) groups is 3. The molecule has 4 rings (SSSR count). The molecule has 0 unspecified atom stereocenters. The van der Waals surface area contributed by atoms with Gasteiger partial charge in [0.2, 0.25) is 0 Å². The molecule has 1 heterocycles. The van der Waals surface area contributed by atoms with Gasteiger partial charge < -0.3 is 10.2 Å². The maximum atomic E-state index is 13.0. The van der Waals surface area contributed by atoms with E-state index in [9.17, 15) is 14.4 Å². The second kappa shape index (κ2) is 9.40. The lowest BCUT2D eigenvalue weighted by Crippen LogP contribution is -2.38. The van der Waals surface area contributed by atoms with Gasteiger partial charge in [0.15, 0.2) is 0 Å². The summed E-state index contributed by atoms with van der Waals surface area (Å²) < 4.78 is 0. The Morgan fingerprint density at radius 1 is 0.970 bits per heavy atom. The molecule has 2 aromatic carbocycles. The highest BCUT2D eigenvalue weighted by molar-refractivity contribution is 6.53. The summed E-state index contributed by atoms with van der Waals surface area (Å²) >= 11 is 6.25. The fraction of sp³-hybridized carbons (Fsp3) is 0.346. The van der Waals surface area contributed by atoms with Crippen LogP contribution in [-0.4, -0.2) is 35.7 Å². The summed E-state index contributed by atoms with van der Waals surface area (Å²) in [5.74, 6) is -1.08. The summed E-state index contributed by atoms with van der Waals surface area (Å²) in [5, 5.41) is 2.81. The summed E-state index contributed by atoms with van der Waals surface area (Å²) in [6, 6.07) is 12.7. The Labute approximate surface area is 199 Å². The molecule has 172 valence electrons. The predicted molar refractivity (Wildman–Crippen MR) is 130 cm³/mol. The summed E-state index contributed by atoms with van der Waals surface area (Å²) in [7, 11) is 1.86. The van der Waals surface area contributed by atoms with Crippen LogP contribution >= 0.6 is 11.6 Å². The highest BCUT2D eigenvalue weighted by Crippen LogP contribution is 2.31. The van der Waals surface area contributed by atoms with Gasteiger partial charge in [0.25, 0.3) is 17.7 Å². The minimum atomic E-state index is -0.560. The number of nitrogens with one attached hydrogen (secondary N) is 1. The van der Waals surface area contributed by atoms with Gasteiger partial charge in [-0.15, -0.1) is 0 Å². The van der Waals surface area contributed by atoms with Crippen molar-refractivity contribution in [3.8, 4) is 0 Å². The van der Waals surface area contributed by atoms with Gasteiger partial charge >= 0.3 is 0 Å². The maximum Gasteiger partial charge on any atom is 0.283 e. The molecule has 0 bridgehead atoms. The minimum absolute atomic E-state index is 0.0150. The van der Waals surface area contributed by atoms with E-state index >= 15 is 0 Å². The molecule has 2 aromatic rings. The molecule has 2 aliphatic rings. The maximum absolute atomic E-state index is 13.0. The third-order valence-electron chi connectivity index (χ3n) is 6.34. The molecule has 1 aliphatic carbocycles. The van der Waals surface area contributed by atoms with Gasteiger partial charge in [0, 0.05) is 24.3 Å². The molecular formula is C26H28ClN3O3. The van der Waals surface area contributed by atoms with Crippen molar-refractivity contribution in [1.29, 1.82) is 0 Å². The van der Waals surface area contributed by atoms with Crippen molar-refractivity contribution in [2.75, 3.05) is 17.3 Å². The van der Waals surface area contributed by atoms with Crippen LogP contribution in [0.1, 0.15) is 53.6 Å². The Hall–Kier alpha value is -3.12. The zero-order valence-electron chi connectivity index (χ0n) is 19.2. The first-order valence-electron chi connectivity index (χ1n) is 11.3. The monoisotopic (exact) mass is 465 g/mol. The van der Waals surface area contributed by atoms with Gasteiger partial charge in [-0.1, -0.05) is 36.9 Å². The highest BCUT2D eigenvalue weighted by atomic mass is 35.5. The SMILES string of the molecule is Cc1cc(C)cc(N2C(=O)C(Cl)=C(Nc3ccc(C(=O)N(C)C4CCCCC4)cc3)C2=O)c1. The number of halogens is 1. The van der Waals surface area contributed by atoms with Crippen LogP contribution < -0.4 is 10.2 Å².